The van der Waals surface area contributed by atoms with E-state index >= 15 is 0 Å². The minimum absolute atomic E-state index is 0.230. The van der Waals surface area contributed by atoms with Gasteiger partial charge in [-0.05, 0) is 5.92 Å². The maximum absolute atomic E-state index is 12.2. The summed E-state index contributed by atoms with van der Waals surface area (Å²) in [4.78, 5) is 0. The van der Waals surface area contributed by atoms with E-state index in [9.17, 15) is 8.78 Å². The van der Waals surface area contributed by atoms with Gasteiger partial charge >= 0.3 is 0 Å². The molecule has 0 aliphatic heterocycles. The van der Waals surface area contributed by atoms with E-state index in [2.05, 4.69) is 10.3 Å². The Labute approximate surface area is 75.7 Å². The first-order chi connectivity index (χ1) is 6.19. The van der Waals surface area contributed by atoms with Crippen molar-refractivity contribution in [1.29, 1.82) is 0 Å². The molecule has 13 heavy (non-hydrogen) atoms. The van der Waals surface area contributed by atoms with Gasteiger partial charge in [-0.15, -0.1) is 5.10 Å². The highest BCUT2D eigenvalue weighted by Crippen LogP contribution is 2.13. The van der Waals surface area contributed by atoms with Crippen molar-refractivity contribution in [1.82, 2.24) is 15.0 Å². The molecule has 74 valence electrons. The van der Waals surface area contributed by atoms with Crippen molar-refractivity contribution in [3.8, 4) is 0 Å². The molecule has 5 heteroatoms. The van der Waals surface area contributed by atoms with Crippen molar-refractivity contribution in [3.63, 3.8) is 0 Å². The number of nitrogens with zero attached hydrogens (tertiary/aromatic N) is 3. The molecule has 0 N–H and O–H groups in total. The zero-order chi connectivity index (χ0) is 9.84. The predicted octanol–water partition coefficient (Wildman–Crippen LogP) is 1.88. The first-order valence-corrected chi connectivity index (χ1v) is 4.22. The van der Waals surface area contributed by atoms with Crippen LogP contribution in [0, 0.1) is 0 Å². The molecule has 1 aromatic heterocycles. The molecule has 0 saturated carbocycles. The molecule has 0 amide bonds. The molecule has 0 fully saturated rings. The molecule has 0 aliphatic rings. The fraction of sp³-hybridized carbons (Fsp3) is 0.750. The summed E-state index contributed by atoms with van der Waals surface area (Å²) in [5, 5.41) is 7.48. The van der Waals surface area contributed by atoms with Gasteiger partial charge < -0.3 is 0 Å². The second-order valence-electron chi connectivity index (χ2n) is 3.24. The van der Waals surface area contributed by atoms with E-state index in [1.54, 1.807) is 6.20 Å². The molecule has 0 unspecified atom stereocenters. The zero-order valence-electron chi connectivity index (χ0n) is 7.74. The van der Waals surface area contributed by atoms with Gasteiger partial charge in [-0.1, -0.05) is 19.1 Å². The van der Waals surface area contributed by atoms with Gasteiger partial charge in [0, 0.05) is 6.20 Å². The molecule has 0 bridgehead atoms. The second kappa shape index (κ2) is 4.30. The van der Waals surface area contributed by atoms with Crippen LogP contribution in [0.5, 0.6) is 0 Å². The third-order valence-electron chi connectivity index (χ3n) is 1.85. The van der Waals surface area contributed by atoms with Gasteiger partial charge in [0.15, 0.2) is 0 Å². The molecule has 1 aromatic rings. The van der Waals surface area contributed by atoms with Crippen molar-refractivity contribution in [2.75, 3.05) is 13.3 Å². The van der Waals surface area contributed by atoms with E-state index in [1.165, 1.54) is 4.68 Å². The molecular formula is C8H13F2N3. The SMILES string of the molecule is CC(C)c1cn(C(CF)CF)nn1. The summed E-state index contributed by atoms with van der Waals surface area (Å²) in [6, 6.07) is -0.819. The Balaban J connectivity index is 2.78. The smallest absolute Gasteiger partial charge is 0.114 e. The molecule has 0 spiro atoms. The number of halogens is 2. The summed E-state index contributed by atoms with van der Waals surface area (Å²) >= 11 is 0. The lowest BCUT2D eigenvalue weighted by Crippen LogP contribution is -2.13. The van der Waals surface area contributed by atoms with Gasteiger partial charge in [0.1, 0.15) is 19.4 Å². The Hall–Kier alpha value is -1.00. The fourth-order valence-electron chi connectivity index (χ4n) is 0.916. The largest absolute Gasteiger partial charge is 0.249 e. The monoisotopic (exact) mass is 189 g/mol. The quantitative estimate of drug-likeness (QED) is 0.724. The third-order valence-corrected chi connectivity index (χ3v) is 1.85. The summed E-state index contributed by atoms with van der Waals surface area (Å²) in [5.74, 6) is 0.230. The molecule has 0 saturated heterocycles. The van der Waals surface area contributed by atoms with E-state index in [-0.39, 0.29) is 5.92 Å². The summed E-state index contributed by atoms with van der Waals surface area (Å²) in [7, 11) is 0. The van der Waals surface area contributed by atoms with Crippen molar-refractivity contribution >= 4 is 0 Å². The van der Waals surface area contributed by atoms with Crippen LogP contribution in [0.3, 0.4) is 0 Å². The third kappa shape index (κ3) is 2.23. The van der Waals surface area contributed by atoms with Gasteiger partial charge in [0.2, 0.25) is 0 Å². The van der Waals surface area contributed by atoms with Crippen LogP contribution in [0.4, 0.5) is 8.78 Å². The lowest BCUT2D eigenvalue weighted by molar-refractivity contribution is 0.269. The van der Waals surface area contributed by atoms with Crippen LogP contribution in [-0.4, -0.2) is 28.3 Å². The lowest BCUT2D eigenvalue weighted by atomic mass is 10.2. The Morgan fingerprint density at radius 2 is 2.00 bits per heavy atom. The summed E-state index contributed by atoms with van der Waals surface area (Å²) in [5.41, 5.74) is 0.756. The topological polar surface area (TPSA) is 30.7 Å². The molecule has 0 aromatic carbocycles. The van der Waals surface area contributed by atoms with Gasteiger partial charge in [-0.2, -0.15) is 0 Å². The van der Waals surface area contributed by atoms with Crippen molar-refractivity contribution in [2.24, 2.45) is 0 Å². The van der Waals surface area contributed by atoms with Crippen molar-refractivity contribution in [3.05, 3.63) is 11.9 Å². The van der Waals surface area contributed by atoms with E-state index < -0.39 is 19.4 Å². The fourth-order valence-corrected chi connectivity index (χ4v) is 0.916. The number of rotatable bonds is 4. The van der Waals surface area contributed by atoms with E-state index in [1.807, 2.05) is 13.8 Å². The average Bonchev–Trinajstić information content (AvgIpc) is 2.56. The molecule has 0 atom stereocenters. The Morgan fingerprint density at radius 1 is 1.38 bits per heavy atom. The number of alkyl halides is 2. The zero-order valence-corrected chi connectivity index (χ0v) is 7.74. The summed E-state index contributed by atoms with van der Waals surface area (Å²) in [6.45, 7) is 2.40. The number of hydrogen-bond donors (Lipinski definition) is 0. The normalized spacial score (nSPS) is 11.5. The van der Waals surface area contributed by atoms with Crippen LogP contribution in [-0.2, 0) is 0 Å². The van der Waals surface area contributed by atoms with Crippen LogP contribution in [0.2, 0.25) is 0 Å². The highest BCUT2D eigenvalue weighted by molar-refractivity contribution is 4.98. The van der Waals surface area contributed by atoms with Crippen LogP contribution in [0.15, 0.2) is 6.20 Å². The highest BCUT2D eigenvalue weighted by Gasteiger charge is 2.13. The Morgan fingerprint density at radius 3 is 2.38 bits per heavy atom. The first kappa shape index (κ1) is 10.1. The predicted molar refractivity (Wildman–Crippen MR) is 45.1 cm³/mol. The molecule has 1 rings (SSSR count). The van der Waals surface area contributed by atoms with Gasteiger partial charge in [-0.3, -0.25) is 0 Å². The average molecular weight is 189 g/mol. The van der Waals surface area contributed by atoms with Crippen LogP contribution < -0.4 is 0 Å². The maximum atomic E-state index is 12.2. The molecule has 1 heterocycles. The van der Waals surface area contributed by atoms with Crippen LogP contribution in [0.25, 0.3) is 0 Å². The van der Waals surface area contributed by atoms with Crippen LogP contribution >= 0.6 is 0 Å². The van der Waals surface area contributed by atoms with Gasteiger partial charge in [0.05, 0.1) is 5.69 Å². The minimum atomic E-state index is -0.819. The first-order valence-electron chi connectivity index (χ1n) is 4.22. The van der Waals surface area contributed by atoms with Crippen molar-refractivity contribution in [2.45, 2.75) is 25.8 Å². The second-order valence-corrected chi connectivity index (χ2v) is 3.24. The van der Waals surface area contributed by atoms with Crippen molar-refractivity contribution < 1.29 is 8.78 Å². The maximum Gasteiger partial charge on any atom is 0.114 e. The Kier molecular flexibility index (Phi) is 3.33. The van der Waals surface area contributed by atoms with Gasteiger partial charge in [-0.25, -0.2) is 13.5 Å². The molecular weight excluding hydrogens is 176 g/mol. The van der Waals surface area contributed by atoms with E-state index in [0.29, 0.717) is 0 Å². The lowest BCUT2D eigenvalue weighted by Gasteiger charge is -2.06. The standard InChI is InChI=1S/C8H13F2N3/c1-6(2)8-5-13(12-11-8)7(3-9)4-10/h5-7H,3-4H2,1-2H3. The van der Waals surface area contributed by atoms with E-state index in [4.69, 9.17) is 0 Å². The van der Waals surface area contributed by atoms with Gasteiger partial charge in [0.25, 0.3) is 0 Å². The number of aromatic nitrogens is 3. The molecule has 3 nitrogen and oxygen atoms in total. The number of hydrogen-bond acceptors (Lipinski definition) is 2. The minimum Gasteiger partial charge on any atom is -0.249 e. The van der Waals surface area contributed by atoms with E-state index in [0.717, 1.165) is 5.69 Å². The summed E-state index contributed by atoms with van der Waals surface area (Å²) in [6.07, 6.45) is 1.59. The summed E-state index contributed by atoms with van der Waals surface area (Å²) < 4.78 is 25.7. The Bertz CT molecular complexity index is 256. The molecule has 0 aliphatic carbocycles. The molecule has 0 radical (unpaired) electrons. The van der Waals surface area contributed by atoms with Crippen LogP contribution in [0.1, 0.15) is 31.5 Å². The highest BCUT2D eigenvalue weighted by atomic mass is 19.1.